The lowest BCUT2D eigenvalue weighted by Crippen LogP contribution is -2.26. The van der Waals surface area contributed by atoms with E-state index >= 15 is 0 Å². The molecule has 0 fully saturated rings. The Morgan fingerprint density at radius 1 is 1.05 bits per heavy atom. The van der Waals surface area contributed by atoms with Crippen LogP contribution in [0.25, 0.3) is 0 Å². The summed E-state index contributed by atoms with van der Waals surface area (Å²) in [6.07, 6.45) is 1.54. The van der Waals surface area contributed by atoms with Gasteiger partial charge in [-0.3, -0.25) is 0 Å². The highest BCUT2D eigenvalue weighted by molar-refractivity contribution is 6.30. The van der Waals surface area contributed by atoms with Crippen LogP contribution in [0.2, 0.25) is 5.02 Å². The van der Waals surface area contributed by atoms with Crippen molar-refractivity contribution < 1.29 is 0 Å². The summed E-state index contributed by atoms with van der Waals surface area (Å²) in [6.45, 7) is 8.27. The van der Waals surface area contributed by atoms with Crippen LogP contribution in [-0.2, 0) is 0 Å². The van der Waals surface area contributed by atoms with Crippen molar-refractivity contribution in [2.24, 2.45) is 0 Å². The lowest BCUT2D eigenvalue weighted by molar-refractivity contribution is 0.630. The molecule has 106 valence electrons. The Labute approximate surface area is 124 Å². The van der Waals surface area contributed by atoms with E-state index in [4.69, 9.17) is 11.6 Å². The molecule has 0 amide bonds. The molecule has 0 unspecified atom stereocenters. The number of benzene rings is 1. The molecular formula is C15H19ClN4. The number of hydrogen-bond acceptors (Lipinski definition) is 4. The van der Waals surface area contributed by atoms with Crippen molar-refractivity contribution >= 4 is 28.9 Å². The zero-order valence-electron chi connectivity index (χ0n) is 12.2. The highest BCUT2D eigenvalue weighted by Gasteiger charge is 2.10. The van der Waals surface area contributed by atoms with Gasteiger partial charge in [0.1, 0.15) is 18.0 Å². The minimum absolute atomic E-state index is 0.0399. The van der Waals surface area contributed by atoms with Gasteiger partial charge < -0.3 is 10.6 Å². The fraction of sp³-hybridized carbons (Fsp3) is 0.333. The molecule has 0 spiro atoms. The number of aryl methyl sites for hydroxylation is 1. The third-order valence-electron chi connectivity index (χ3n) is 2.62. The van der Waals surface area contributed by atoms with Crippen molar-refractivity contribution in [3.8, 4) is 0 Å². The average Bonchev–Trinajstić information content (AvgIpc) is 2.31. The van der Waals surface area contributed by atoms with E-state index in [9.17, 15) is 0 Å². The van der Waals surface area contributed by atoms with E-state index in [-0.39, 0.29) is 5.54 Å². The smallest absolute Gasteiger partial charge is 0.135 e. The van der Waals surface area contributed by atoms with Crippen LogP contribution < -0.4 is 10.6 Å². The van der Waals surface area contributed by atoms with Gasteiger partial charge in [0, 0.05) is 22.3 Å². The maximum Gasteiger partial charge on any atom is 0.135 e. The molecule has 4 nitrogen and oxygen atoms in total. The van der Waals surface area contributed by atoms with Gasteiger partial charge in [-0.05, 0) is 51.5 Å². The van der Waals surface area contributed by atoms with E-state index in [1.54, 1.807) is 6.33 Å². The maximum atomic E-state index is 5.95. The number of hydrogen-bond donors (Lipinski definition) is 2. The molecule has 1 aromatic carbocycles. The standard InChI is InChI=1S/C15H19ClN4/c1-10-7-11(16)5-6-12(10)19-13-8-14(18-9-17-13)20-15(2,3)4/h5-9H,1-4H3,(H2,17,18,19,20). The maximum absolute atomic E-state index is 5.95. The largest absolute Gasteiger partial charge is 0.365 e. The van der Waals surface area contributed by atoms with E-state index in [0.29, 0.717) is 0 Å². The SMILES string of the molecule is Cc1cc(Cl)ccc1Nc1cc(NC(C)(C)C)ncn1. The van der Waals surface area contributed by atoms with Crippen LogP contribution in [0.4, 0.5) is 17.3 Å². The van der Waals surface area contributed by atoms with Gasteiger partial charge in [0.25, 0.3) is 0 Å². The molecule has 2 aromatic rings. The highest BCUT2D eigenvalue weighted by Crippen LogP contribution is 2.23. The fourth-order valence-corrected chi connectivity index (χ4v) is 2.01. The topological polar surface area (TPSA) is 49.8 Å². The van der Waals surface area contributed by atoms with Gasteiger partial charge >= 0.3 is 0 Å². The Kier molecular flexibility index (Phi) is 4.14. The third kappa shape index (κ3) is 4.10. The summed E-state index contributed by atoms with van der Waals surface area (Å²) in [5.74, 6) is 1.54. The minimum Gasteiger partial charge on any atom is -0.365 e. The summed E-state index contributed by atoms with van der Waals surface area (Å²) in [5, 5.41) is 7.32. The molecule has 2 N–H and O–H groups in total. The zero-order valence-corrected chi connectivity index (χ0v) is 12.9. The molecule has 0 radical (unpaired) electrons. The van der Waals surface area contributed by atoms with E-state index in [2.05, 4.69) is 41.4 Å². The average molecular weight is 291 g/mol. The first-order chi connectivity index (χ1) is 9.33. The number of halogens is 1. The number of nitrogens with zero attached hydrogens (tertiary/aromatic N) is 2. The lowest BCUT2D eigenvalue weighted by atomic mass is 10.1. The van der Waals surface area contributed by atoms with Gasteiger partial charge in [0.05, 0.1) is 0 Å². The monoisotopic (exact) mass is 290 g/mol. The number of nitrogens with one attached hydrogen (secondary N) is 2. The Morgan fingerprint density at radius 2 is 1.75 bits per heavy atom. The summed E-state index contributed by atoms with van der Waals surface area (Å²) < 4.78 is 0. The Hall–Kier alpha value is -1.81. The predicted molar refractivity (Wildman–Crippen MR) is 84.9 cm³/mol. The van der Waals surface area contributed by atoms with Crippen LogP contribution in [0.3, 0.4) is 0 Å². The van der Waals surface area contributed by atoms with Crippen LogP contribution in [0, 0.1) is 6.92 Å². The van der Waals surface area contributed by atoms with Crippen molar-refractivity contribution in [2.75, 3.05) is 10.6 Å². The van der Waals surface area contributed by atoms with E-state index in [1.165, 1.54) is 0 Å². The molecular weight excluding hydrogens is 272 g/mol. The van der Waals surface area contributed by atoms with Crippen molar-refractivity contribution in [3.05, 3.63) is 41.2 Å². The first-order valence-corrected chi connectivity index (χ1v) is 6.85. The van der Waals surface area contributed by atoms with E-state index < -0.39 is 0 Å². The zero-order chi connectivity index (χ0) is 14.8. The molecule has 1 aromatic heterocycles. The second kappa shape index (κ2) is 5.67. The van der Waals surface area contributed by atoms with Crippen molar-refractivity contribution in [1.29, 1.82) is 0 Å². The first-order valence-electron chi connectivity index (χ1n) is 6.47. The molecule has 0 bridgehead atoms. The van der Waals surface area contributed by atoms with Crippen LogP contribution in [0.1, 0.15) is 26.3 Å². The molecule has 0 aliphatic rings. The molecule has 5 heteroatoms. The quantitative estimate of drug-likeness (QED) is 0.880. The van der Waals surface area contributed by atoms with Crippen LogP contribution in [-0.4, -0.2) is 15.5 Å². The van der Waals surface area contributed by atoms with Gasteiger partial charge in [0.2, 0.25) is 0 Å². The Bertz CT molecular complexity index is 605. The van der Waals surface area contributed by atoms with Gasteiger partial charge in [-0.25, -0.2) is 9.97 Å². The van der Waals surface area contributed by atoms with Gasteiger partial charge in [-0.1, -0.05) is 11.6 Å². The lowest BCUT2D eigenvalue weighted by Gasteiger charge is -2.21. The van der Waals surface area contributed by atoms with Crippen molar-refractivity contribution in [2.45, 2.75) is 33.2 Å². The number of rotatable bonds is 3. The summed E-state index contributed by atoms with van der Waals surface area (Å²) >= 11 is 5.95. The normalized spacial score (nSPS) is 11.2. The number of aromatic nitrogens is 2. The summed E-state index contributed by atoms with van der Waals surface area (Å²) in [5.41, 5.74) is 2.01. The van der Waals surface area contributed by atoms with Gasteiger partial charge in [-0.15, -0.1) is 0 Å². The third-order valence-corrected chi connectivity index (χ3v) is 2.86. The van der Waals surface area contributed by atoms with Crippen LogP contribution in [0.5, 0.6) is 0 Å². The molecule has 1 heterocycles. The van der Waals surface area contributed by atoms with Gasteiger partial charge in [-0.2, -0.15) is 0 Å². The van der Waals surface area contributed by atoms with E-state index in [0.717, 1.165) is 27.9 Å². The minimum atomic E-state index is -0.0399. The van der Waals surface area contributed by atoms with E-state index in [1.807, 2.05) is 31.2 Å². The predicted octanol–water partition coefficient (Wildman–Crippen LogP) is 4.39. The molecule has 0 atom stereocenters. The van der Waals surface area contributed by atoms with Crippen LogP contribution in [0.15, 0.2) is 30.6 Å². The van der Waals surface area contributed by atoms with Crippen molar-refractivity contribution in [1.82, 2.24) is 9.97 Å². The summed E-state index contributed by atoms with van der Waals surface area (Å²) in [7, 11) is 0. The molecule has 0 aliphatic carbocycles. The van der Waals surface area contributed by atoms with Gasteiger partial charge in [0.15, 0.2) is 0 Å². The summed E-state index contributed by atoms with van der Waals surface area (Å²) in [4.78, 5) is 8.45. The number of anilines is 3. The first kappa shape index (κ1) is 14.6. The molecule has 0 saturated carbocycles. The second-order valence-corrected chi connectivity index (χ2v) is 6.18. The molecule has 2 rings (SSSR count). The Morgan fingerprint density at radius 3 is 2.40 bits per heavy atom. The summed E-state index contributed by atoms with van der Waals surface area (Å²) in [6, 6.07) is 7.60. The molecule has 0 aliphatic heterocycles. The van der Waals surface area contributed by atoms with Crippen LogP contribution >= 0.6 is 11.6 Å². The molecule has 0 saturated heterocycles. The second-order valence-electron chi connectivity index (χ2n) is 5.75. The fourth-order valence-electron chi connectivity index (χ4n) is 1.78. The highest BCUT2D eigenvalue weighted by atomic mass is 35.5. The Balaban J connectivity index is 2.19. The molecule has 20 heavy (non-hydrogen) atoms. The van der Waals surface area contributed by atoms with Crippen molar-refractivity contribution in [3.63, 3.8) is 0 Å².